The van der Waals surface area contributed by atoms with Crippen LogP contribution in [0.4, 0.5) is 20.8 Å². The zero-order valence-electron chi connectivity index (χ0n) is 18.8. The number of thiophene rings is 1. The molecule has 34 heavy (non-hydrogen) atoms. The lowest BCUT2D eigenvalue weighted by atomic mass is 10.0. The van der Waals surface area contributed by atoms with Crippen LogP contribution in [0.2, 0.25) is 0 Å². The van der Waals surface area contributed by atoms with Crippen LogP contribution in [0.5, 0.6) is 0 Å². The Hall–Kier alpha value is -3.49. The Kier molecular flexibility index (Phi) is 6.29. The summed E-state index contributed by atoms with van der Waals surface area (Å²) in [7, 11) is -4.11. The number of benzene rings is 3. The van der Waals surface area contributed by atoms with Crippen molar-refractivity contribution in [3.63, 3.8) is 0 Å². The first kappa shape index (κ1) is 23.7. The summed E-state index contributed by atoms with van der Waals surface area (Å²) in [4.78, 5) is 13.3. The minimum Gasteiger partial charge on any atom is -0.396 e. The average Bonchev–Trinajstić information content (AvgIpc) is 3.11. The van der Waals surface area contributed by atoms with Crippen LogP contribution in [-0.4, -0.2) is 14.2 Å². The van der Waals surface area contributed by atoms with Crippen LogP contribution in [0, 0.1) is 26.6 Å². The van der Waals surface area contributed by atoms with Gasteiger partial charge in [0, 0.05) is 5.56 Å². The SMILES string of the molecule is Cc1ccc(S(=O)(=O)c2c(Nc3ccccc3F)sc(C(=O)c3ccc(C)cc3C)c2N)cc1. The number of ketones is 1. The van der Waals surface area contributed by atoms with Crippen molar-refractivity contribution in [2.24, 2.45) is 0 Å². The lowest BCUT2D eigenvalue weighted by Crippen LogP contribution is -2.09. The number of para-hydroxylation sites is 1. The molecular formula is C26H23FN2O3S2. The number of anilines is 3. The molecule has 0 amide bonds. The van der Waals surface area contributed by atoms with Gasteiger partial charge in [-0.3, -0.25) is 4.79 Å². The van der Waals surface area contributed by atoms with E-state index in [1.54, 1.807) is 24.3 Å². The molecule has 0 saturated heterocycles. The molecule has 4 aromatic rings. The summed E-state index contributed by atoms with van der Waals surface area (Å²) >= 11 is 0.899. The molecule has 0 unspecified atom stereocenters. The van der Waals surface area contributed by atoms with Gasteiger partial charge in [-0.2, -0.15) is 0 Å². The zero-order valence-corrected chi connectivity index (χ0v) is 20.5. The molecule has 3 N–H and O–H groups in total. The van der Waals surface area contributed by atoms with Gasteiger partial charge in [0.1, 0.15) is 20.6 Å². The van der Waals surface area contributed by atoms with E-state index < -0.39 is 15.7 Å². The van der Waals surface area contributed by atoms with Gasteiger partial charge in [0.25, 0.3) is 0 Å². The molecule has 0 aliphatic carbocycles. The first-order chi connectivity index (χ1) is 16.1. The van der Waals surface area contributed by atoms with Gasteiger partial charge in [-0.05, 0) is 50.6 Å². The van der Waals surface area contributed by atoms with E-state index in [0.717, 1.165) is 28.0 Å². The Bertz CT molecular complexity index is 1510. The van der Waals surface area contributed by atoms with E-state index in [9.17, 15) is 17.6 Å². The summed E-state index contributed by atoms with van der Waals surface area (Å²) in [6.45, 7) is 5.58. The number of nitrogen functional groups attached to an aromatic ring is 1. The second-order valence-electron chi connectivity index (χ2n) is 8.07. The normalized spacial score (nSPS) is 11.4. The van der Waals surface area contributed by atoms with E-state index in [1.165, 1.54) is 30.3 Å². The van der Waals surface area contributed by atoms with Gasteiger partial charge < -0.3 is 11.1 Å². The summed E-state index contributed by atoms with van der Waals surface area (Å²) in [6.07, 6.45) is 0. The first-order valence-electron chi connectivity index (χ1n) is 10.5. The van der Waals surface area contributed by atoms with E-state index in [4.69, 9.17) is 5.73 Å². The van der Waals surface area contributed by atoms with Crippen LogP contribution >= 0.6 is 11.3 Å². The predicted octanol–water partition coefficient (Wildman–Crippen LogP) is 6.20. The summed E-state index contributed by atoms with van der Waals surface area (Å²) < 4.78 is 41.6. The minimum atomic E-state index is -4.11. The van der Waals surface area contributed by atoms with Gasteiger partial charge in [0.15, 0.2) is 0 Å². The highest BCUT2D eigenvalue weighted by Gasteiger charge is 2.32. The smallest absolute Gasteiger partial charge is 0.211 e. The third kappa shape index (κ3) is 4.34. The zero-order chi connectivity index (χ0) is 24.6. The standard InChI is InChI=1S/C26H23FN2O3S2/c1-15-8-11-18(12-9-15)34(31,32)25-22(28)24(23(30)19-13-10-16(2)14-17(19)3)33-26(25)29-21-7-5-4-6-20(21)27/h4-14,29H,28H2,1-3H3. The van der Waals surface area contributed by atoms with Gasteiger partial charge in [-0.25, -0.2) is 12.8 Å². The first-order valence-corrected chi connectivity index (χ1v) is 12.8. The van der Waals surface area contributed by atoms with Gasteiger partial charge >= 0.3 is 0 Å². The third-order valence-corrected chi connectivity index (χ3v) is 8.56. The van der Waals surface area contributed by atoms with E-state index in [0.29, 0.717) is 5.56 Å². The molecule has 0 spiro atoms. The quantitative estimate of drug-likeness (QED) is 0.312. The number of nitrogens with two attached hydrogens (primary N) is 1. The van der Waals surface area contributed by atoms with Crippen molar-refractivity contribution in [2.45, 2.75) is 30.6 Å². The van der Waals surface area contributed by atoms with Crippen molar-refractivity contribution >= 4 is 43.3 Å². The molecule has 0 aliphatic rings. The Morgan fingerprint density at radius 1 is 0.941 bits per heavy atom. The fourth-order valence-electron chi connectivity index (χ4n) is 3.66. The molecule has 1 heterocycles. The minimum absolute atomic E-state index is 0.0321. The Morgan fingerprint density at radius 3 is 2.24 bits per heavy atom. The van der Waals surface area contributed by atoms with Crippen molar-refractivity contribution < 1.29 is 17.6 Å². The van der Waals surface area contributed by atoms with Crippen LogP contribution in [0.3, 0.4) is 0 Å². The maximum atomic E-state index is 14.4. The highest BCUT2D eigenvalue weighted by atomic mass is 32.2. The number of rotatable bonds is 6. The molecule has 4 rings (SSSR count). The monoisotopic (exact) mass is 494 g/mol. The Balaban J connectivity index is 1.91. The molecule has 5 nitrogen and oxygen atoms in total. The molecule has 1 aromatic heterocycles. The van der Waals surface area contributed by atoms with E-state index in [-0.39, 0.29) is 36.8 Å². The maximum Gasteiger partial charge on any atom is 0.211 e. The number of hydrogen-bond donors (Lipinski definition) is 2. The highest BCUT2D eigenvalue weighted by molar-refractivity contribution is 7.92. The number of nitrogens with one attached hydrogen (secondary N) is 1. The molecule has 0 aliphatic heterocycles. The van der Waals surface area contributed by atoms with Gasteiger partial charge in [0.05, 0.1) is 16.3 Å². The van der Waals surface area contributed by atoms with Crippen molar-refractivity contribution in [3.05, 3.63) is 99.7 Å². The third-order valence-electron chi connectivity index (χ3n) is 5.45. The van der Waals surface area contributed by atoms with E-state index in [2.05, 4.69) is 5.32 Å². The van der Waals surface area contributed by atoms with E-state index >= 15 is 0 Å². The Morgan fingerprint density at radius 2 is 1.59 bits per heavy atom. The molecule has 0 saturated carbocycles. The highest BCUT2D eigenvalue weighted by Crippen LogP contribution is 2.44. The van der Waals surface area contributed by atoms with Gasteiger partial charge in [0.2, 0.25) is 15.6 Å². The molecular weight excluding hydrogens is 471 g/mol. The second kappa shape index (κ2) is 9.04. The molecule has 174 valence electrons. The van der Waals surface area contributed by atoms with Crippen LogP contribution in [0.1, 0.15) is 31.9 Å². The average molecular weight is 495 g/mol. The largest absolute Gasteiger partial charge is 0.396 e. The summed E-state index contributed by atoms with van der Waals surface area (Å²) in [5, 5.41) is 2.93. The van der Waals surface area contributed by atoms with Crippen molar-refractivity contribution in [2.75, 3.05) is 11.1 Å². The summed E-state index contributed by atoms with van der Waals surface area (Å²) in [5.74, 6) is -0.947. The topological polar surface area (TPSA) is 89.3 Å². The van der Waals surface area contributed by atoms with E-state index in [1.807, 2.05) is 32.9 Å². The molecule has 0 fully saturated rings. The maximum absolute atomic E-state index is 14.4. The van der Waals surface area contributed by atoms with Crippen LogP contribution in [0.15, 0.2) is 76.5 Å². The number of sulfone groups is 1. The van der Waals surface area contributed by atoms with Crippen LogP contribution in [0.25, 0.3) is 0 Å². The van der Waals surface area contributed by atoms with Gasteiger partial charge in [-0.1, -0.05) is 53.6 Å². The number of carbonyl (C=O) groups is 1. The number of aryl methyl sites for hydroxylation is 3. The molecule has 3 aromatic carbocycles. The number of halogens is 1. The molecule has 0 radical (unpaired) electrons. The fourth-order valence-corrected chi connectivity index (χ4v) is 6.58. The van der Waals surface area contributed by atoms with Gasteiger partial charge in [-0.15, -0.1) is 11.3 Å². The summed E-state index contributed by atoms with van der Waals surface area (Å²) in [5.41, 5.74) is 9.34. The molecule has 0 atom stereocenters. The second-order valence-corrected chi connectivity index (χ2v) is 11.0. The number of hydrogen-bond acceptors (Lipinski definition) is 6. The van der Waals surface area contributed by atoms with Crippen molar-refractivity contribution in [1.29, 1.82) is 0 Å². The Labute approximate surface area is 202 Å². The van der Waals surface area contributed by atoms with Crippen molar-refractivity contribution in [1.82, 2.24) is 0 Å². The van der Waals surface area contributed by atoms with Crippen molar-refractivity contribution in [3.8, 4) is 0 Å². The fraction of sp³-hybridized carbons (Fsp3) is 0.115. The lowest BCUT2D eigenvalue weighted by molar-refractivity contribution is 0.104. The van der Waals surface area contributed by atoms with Crippen LogP contribution in [-0.2, 0) is 9.84 Å². The predicted molar refractivity (Wildman–Crippen MR) is 134 cm³/mol. The lowest BCUT2D eigenvalue weighted by Gasteiger charge is -2.10. The molecule has 0 bridgehead atoms. The van der Waals surface area contributed by atoms with Crippen LogP contribution < -0.4 is 11.1 Å². The number of carbonyl (C=O) groups excluding carboxylic acids is 1. The molecule has 8 heteroatoms. The summed E-state index contributed by atoms with van der Waals surface area (Å²) in [6, 6.07) is 17.6.